The number of ether oxygens (including phenoxy) is 1. The maximum absolute atomic E-state index is 12.4. The van der Waals surface area contributed by atoms with E-state index < -0.39 is 0 Å². The van der Waals surface area contributed by atoms with Gasteiger partial charge in [0, 0.05) is 37.5 Å². The van der Waals surface area contributed by atoms with Crippen molar-refractivity contribution in [3.63, 3.8) is 0 Å². The van der Waals surface area contributed by atoms with Gasteiger partial charge in [-0.3, -0.25) is 0 Å². The molecule has 1 saturated heterocycles. The zero-order valence-electron chi connectivity index (χ0n) is 17.7. The van der Waals surface area contributed by atoms with Crippen molar-refractivity contribution < 1.29 is 9.53 Å². The molecule has 3 aromatic rings. The van der Waals surface area contributed by atoms with Crippen LogP contribution in [0, 0.1) is 6.92 Å². The molecule has 0 aliphatic carbocycles. The van der Waals surface area contributed by atoms with Gasteiger partial charge in [0.25, 0.3) is 0 Å². The molecule has 4 rings (SSSR count). The van der Waals surface area contributed by atoms with E-state index in [0.29, 0.717) is 18.1 Å². The Morgan fingerprint density at radius 3 is 2.58 bits per heavy atom. The zero-order chi connectivity index (χ0) is 21.5. The lowest BCUT2D eigenvalue weighted by Gasteiger charge is -2.29. The van der Waals surface area contributed by atoms with E-state index >= 15 is 0 Å². The van der Waals surface area contributed by atoms with Gasteiger partial charge in [0.1, 0.15) is 11.6 Å². The van der Waals surface area contributed by atoms with Crippen LogP contribution in [0.3, 0.4) is 0 Å². The third-order valence-electron chi connectivity index (χ3n) is 5.20. The molecule has 160 valence electrons. The second kappa shape index (κ2) is 9.93. The summed E-state index contributed by atoms with van der Waals surface area (Å²) in [5.41, 5.74) is 2.77. The van der Waals surface area contributed by atoms with Gasteiger partial charge in [0.15, 0.2) is 0 Å². The van der Waals surface area contributed by atoms with Gasteiger partial charge in [-0.1, -0.05) is 23.8 Å². The molecule has 0 spiro atoms. The molecule has 3 heterocycles. The normalized spacial score (nSPS) is 13.5. The predicted octanol–water partition coefficient (Wildman–Crippen LogP) is 4.89. The molecule has 0 bridgehead atoms. The highest BCUT2D eigenvalue weighted by atomic mass is 16.5. The number of nitrogens with one attached hydrogen (secondary N) is 2. The van der Waals surface area contributed by atoms with Gasteiger partial charge in [-0.2, -0.15) is 0 Å². The Morgan fingerprint density at radius 2 is 1.84 bits per heavy atom. The van der Waals surface area contributed by atoms with Crippen LogP contribution in [0.1, 0.15) is 30.4 Å². The number of carbonyl (C=O) groups is 1. The van der Waals surface area contributed by atoms with Crippen LogP contribution in [0.5, 0.6) is 11.6 Å². The van der Waals surface area contributed by atoms with Crippen molar-refractivity contribution in [2.45, 2.75) is 32.7 Å². The summed E-state index contributed by atoms with van der Waals surface area (Å²) in [6.07, 6.45) is 7.01. The first-order valence-corrected chi connectivity index (χ1v) is 10.6. The molecular weight excluding hydrogens is 390 g/mol. The van der Waals surface area contributed by atoms with Crippen molar-refractivity contribution in [3.8, 4) is 11.6 Å². The Hall–Kier alpha value is -3.61. The minimum atomic E-state index is -0.289. The standard InChI is InChI=1S/C24H27N5O2/c1-18-7-10-21(11-8-18)31-22-12-9-20(17-26-22)28-24(30)27-16-19-6-5-13-25-23(19)29-14-3-2-4-15-29/h5-13,17H,2-4,14-16H2,1H3,(H2,27,28,30). The van der Waals surface area contributed by atoms with Gasteiger partial charge in [0.2, 0.25) is 5.88 Å². The van der Waals surface area contributed by atoms with E-state index in [2.05, 4.69) is 25.5 Å². The van der Waals surface area contributed by atoms with E-state index in [-0.39, 0.29) is 6.03 Å². The van der Waals surface area contributed by atoms with Crippen molar-refractivity contribution >= 4 is 17.5 Å². The van der Waals surface area contributed by atoms with Crippen molar-refractivity contribution in [3.05, 3.63) is 72.1 Å². The van der Waals surface area contributed by atoms with Gasteiger partial charge in [0.05, 0.1) is 11.9 Å². The first kappa shape index (κ1) is 20.7. The minimum Gasteiger partial charge on any atom is -0.439 e. The van der Waals surface area contributed by atoms with Crippen molar-refractivity contribution in [1.29, 1.82) is 0 Å². The molecular formula is C24H27N5O2. The van der Waals surface area contributed by atoms with Crippen LogP contribution in [0.25, 0.3) is 0 Å². The van der Waals surface area contributed by atoms with Crippen LogP contribution in [0.15, 0.2) is 60.9 Å². The molecule has 0 radical (unpaired) electrons. The minimum absolute atomic E-state index is 0.289. The maximum atomic E-state index is 12.4. The van der Waals surface area contributed by atoms with Crippen molar-refractivity contribution in [1.82, 2.24) is 15.3 Å². The molecule has 0 saturated carbocycles. The number of hydrogen-bond donors (Lipinski definition) is 2. The third-order valence-corrected chi connectivity index (χ3v) is 5.20. The van der Waals surface area contributed by atoms with Crippen LogP contribution in [0.4, 0.5) is 16.3 Å². The summed E-state index contributed by atoms with van der Waals surface area (Å²) in [5, 5.41) is 5.72. The first-order valence-electron chi connectivity index (χ1n) is 10.6. The van der Waals surface area contributed by atoms with E-state index in [1.807, 2.05) is 43.3 Å². The van der Waals surface area contributed by atoms with Crippen LogP contribution >= 0.6 is 0 Å². The molecule has 31 heavy (non-hydrogen) atoms. The van der Waals surface area contributed by atoms with Crippen LogP contribution in [-0.4, -0.2) is 29.1 Å². The Balaban J connectivity index is 1.30. The molecule has 0 atom stereocenters. The molecule has 7 nitrogen and oxygen atoms in total. The summed E-state index contributed by atoms with van der Waals surface area (Å²) in [5.74, 6) is 2.15. The van der Waals surface area contributed by atoms with Crippen molar-refractivity contribution in [2.24, 2.45) is 0 Å². The molecule has 1 aliphatic heterocycles. The molecule has 2 amide bonds. The third kappa shape index (κ3) is 5.72. The predicted molar refractivity (Wildman–Crippen MR) is 122 cm³/mol. The summed E-state index contributed by atoms with van der Waals surface area (Å²) in [4.78, 5) is 23.5. The number of aryl methyl sites for hydroxylation is 1. The van der Waals surface area contributed by atoms with E-state index in [1.165, 1.54) is 24.8 Å². The van der Waals surface area contributed by atoms with Gasteiger partial charge < -0.3 is 20.3 Å². The number of anilines is 2. The monoisotopic (exact) mass is 417 g/mol. The number of nitrogens with zero attached hydrogens (tertiary/aromatic N) is 3. The fourth-order valence-corrected chi connectivity index (χ4v) is 3.55. The quantitative estimate of drug-likeness (QED) is 0.597. The first-order chi connectivity index (χ1) is 15.2. The van der Waals surface area contributed by atoms with Crippen molar-refractivity contribution in [2.75, 3.05) is 23.3 Å². The highest BCUT2D eigenvalue weighted by molar-refractivity contribution is 5.89. The number of aromatic nitrogens is 2. The number of pyridine rings is 2. The second-order valence-corrected chi connectivity index (χ2v) is 7.64. The second-order valence-electron chi connectivity index (χ2n) is 7.64. The Kier molecular flexibility index (Phi) is 6.62. The summed E-state index contributed by atoms with van der Waals surface area (Å²) in [7, 11) is 0. The summed E-state index contributed by atoms with van der Waals surface area (Å²) in [6.45, 7) is 4.46. The van der Waals surface area contributed by atoms with E-state index in [1.54, 1.807) is 24.5 Å². The van der Waals surface area contributed by atoms with Gasteiger partial charge in [-0.25, -0.2) is 14.8 Å². The van der Waals surface area contributed by atoms with E-state index in [4.69, 9.17) is 4.74 Å². The average molecular weight is 418 g/mol. The number of carbonyl (C=O) groups excluding carboxylic acids is 1. The van der Waals surface area contributed by atoms with Crippen LogP contribution in [0.2, 0.25) is 0 Å². The molecule has 0 unspecified atom stereocenters. The highest BCUT2D eigenvalue weighted by Gasteiger charge is 2.16. The van der Waals surface area contributed by atoms with Crippen LogP contribution in [-0.2, 0) is 6.54 Å². The fraction of sp³-hybridized carbons (Fsp3) is 0.292. The number of rotatable bonds is 6. The zero-order valence-corrected chi connectivity index (χ0v) is 17.7. The molecule has 2 aromatic heterocycles. The Labute approximate surface area is 182 Å². The Bertz CT molecular complexity index is 999. The largest absolute Gasteiger partial charge is 0.439 e. The van der Waals surface area contributed by atoms with Crippen LogP contribution < -0.4 is 20.3 Å². The number of hydrogen-bond acceptors (Lipinski definition) is 5. The lowest BCUT2D eigenvalue weighted by Crippen LogP contribution is -2.33. The average Bonchev–Trinajstić information content (AvgIpc) is 2.81. The fourth-order valence-electron chi connectivity index (χ4n) is 3.55. The van der Waals surface area contributed by atoms with E-state index in [9.17, 15) is 4.79 Å². The molecule has 7 heteroatoms. The van der Waals surface area contributed by atoms with Gasteiger partial charge in [-0.15, -0.1) is 0 Å². The maximum Gasteiger partial charge on any atom is 0.319 e. The molecule has 1 fully saturated rings. The summed E-state index contributed by atoms with van der Waals surface area (Å²) < 4.78 is 5.72. The topological polar surface area (TPSA) is 79.4 Å². The highest BCUT2D eigenvalue weighted by Crippen LogP contribution is 2.22. The lowest BCUT2D eigenvalue weighted by atomic mass is 10.1. The SMILES string of the molecule is Cc1ccc(Oc2ccc(NC(=O)NCc3cccnc3N3CCCCC3)cn2)cc1. The number of amides is 2. The Morgan fingerprint density at radius 1 is 1.03 bits per heavy atom. The number of benzene rings is 1. The smallest absolute Gasteiger partial charge is 0.319 e. The lowest BCUT2D eigenvalue weighted by molar-refractivity contribution is 0.251. The van der Waals surface area contributed by atoms with E-state index in [0.717, 1.165) is 30.2 Å². The number of urea groups is 1. The summed E-state index contributed by atoms with van der Waals surface area (Å²) >= 11 is 0. The number of piperidine rings is 1. The molecule has 1 aromatic carbocycles. The van der Waals surface area contributed by atoms with Gasteiger partial charge in [-0.05, 0) is 50.5 Å². The van der Waals surface area contributed by atoms with Gasteiger partial charge >= 0.3 is 6.03 Å². The molecule has 1 aliphatic rings. The summed E-state index contributed by atoms with van der Waals surface area (Å²) in [6, 6.07) is 14.9. The molecule has 2 N–H and O–H groups in total.